The van der Waals surface area contributed by atoms with Gasteiger partial charge in [0.15, 0.2) is 0 Å². The summed E-state index contributed by atoms with van der Waals surface area (Å²) in [7, 11) is 0. The molecule has 1 amide bonds. The van der Waals surface area contributed by atoms with Gasteiger partial charge in [0, 0.05) is 25.7 Å². The number of anilines is 1. The number of halogens is 4. The molecule has 1 saturated heterocycles. The minimum Gasteiger partial charge on any atom is -0.367 e. The van der Waals surface area contributed by atoms with E-state index in [0.717, 1.165) is 19.5 Å². The molecule has 0 saturated carbocycles. The highest BCUT2D eigenvalue weighted by Crippen LogP contribution is 2.22. The van der Waals surface area contributed by atoms with Crippen LogP contribution in [0.2, 0.25) is 10.0 Å². The van der Waals surface area contributed by atoms with Gasteiger partial charge < -0.3 is 16.0 Å². The number of hydrogen-bond acceptors (Lipinski definition) is 4. The molecule has 1 aliphatic rings. The molecule has 1 aromatic rings. The Kier molecular flexibility index (Phi) is 11.7. The molecule has 3 N–H and O–H groups in total. The standard InChI is InChI=1S/C14H20Cl2N4O.2ClH/c15-11-7-12(16)14(20-9-11)19-6-5-18-13(21)2-1-10-3-4-17-8-10;;/h7,9-10,17H,1-6,8H2,(H,18,21)(H,19,20);2*1H. The van der Waals surface area contributed by atoms with Gasteiger partial charge in [0.05, 0.1) is 10.0 Å². The van der Waals surface area contributed by atoms with Gasteiger partial charge >= 0.3 is 0 Å². The molecule has 0 bridgehead atoms. The average Bonchev–Trinajstić information content (AvgIpc) is 2.96. The van der Waals surface area contributed by atoms with Crippen molar-refractivity contribution in [1.82, 2.24) is 15.6 Å². The summed E-state index contributed by atoms with van der Waals surface area (Å²) >= 11 is 11.8. The number of carbonyl (C=O) groups excluding carboxylic acids is 1. The maximum Gasteiger partial charge on any atom is 0.220 e. The third-order valence-electron chi connectivity index (χ3n) is 3.49. The summed E-state index contributed by atoms with van der Waals surface area (Å²) in [4.78, 5) is 15.8. The molecule has 1 atom stereocenters. The van der Waals surface area contributed by atoms with Crippen LogP contribution in [0.5, 0.6) is 0 Å². The quantitative estimate of drug-likeness (QED) is 0.611. The number of carbonyl (C=O) groups is 1. The summed E-state index contributed by atoms with van der Waals surface area (Å²) in [6.45, 7) is 3.23. The van der Waals surface area contributed by atoms with Crippen molar-refractivity contribution in [3.8, 4) is 0 Å². The van der Waals surface area contributed by atoms with E-state index in [1.807, 2.05) is 0 Å². The van der Waals surface area contributed by atoms with Crippen LogP contribution >= 0.6 is 48.0 Å². The Bertz CT molecular complexity index is 484. The molecule has 0 spiro atoms. The largest absolute Gasteiger partial charge is 0.367 e. The Hall–Kier alpha value is -0.460. The molecule has 0 aliphatic carbocycles. The highest BCUT2D eigenvalue weighted by molar-refractivity contribution is 6.35. The predicted octanol–water partition coefficient (Wildman–Crippen LogP) is 3.15. The molecule has 1 unspecified atom stereocenters. The summed E-state index contributed by atoms with van der Waals surface area (Å²) in [5.74, 6) is 1.32. The molecule has 132 valence electrons. The van der Waals surface area contributed by atoms with Crippen molar-refractivity contribution >= 4 is 59.7 Å². The van der Waals surface area contributed by atoms with Crippen LogP contribution < -0.4 is 16.0 Å². The van der Waals surface area contributed by atoms with Crippen LogP contribution in [-0.2, 0) is 4.79 Å². The first-order valence-corrected chi connectivity index (χ1v) is 7.93. The zero-order valence-electron chi connectivity index (χ0n) is 12.6. The summed E-state index contributed by atoms with van der Waals surface area (Å²) in [5.41, 5.74) is 0. The van der Waals surface area contributed by atoms with E-state index in [4.69, 9.17) is 23.2 Å². The molecule has 9 heteroatoms. The fourth-order valence-corrected chi connectivity index (χ4v) is 2.76. The smallest absolute Gasteiger partial charge is 0.220 e. The van der Waals surface area contributed by atoms with Crippen molar-refractivity contribution in [1.29, 1.82) is 0 Å². The van der Waals surface area contributed by atoms with E-state index in [1.54, 1.807) is 6.07 Å². The fourth-order valence-electron chi connectivity index (χ4n) is 2.31. The van der Waals surface area contributed by atoms with Crippen LogP contribution in [0.25, 0.3) is 0 Å². The van der Waals surface area contributed by atoms with Crippen molar-refractivity contribution in [3.63, 3.8) is 0 Å². The Balaban J connectivity index is 0.00000242. The van der Waals surface area contributed by atoms with Crippen molar-refractivity contribution < 1.29 is 4.79 Å². The third-order valence-corrected chi connectivity index (χ3v) is 3.98. The molecular weight excluding hydrogens is 382 g/mol. The summed E-state index contributed by atoms with van der Waals surface area (Å²) in [6, 6.07) is 1.63. The highest BCUT2D eigenvalue weighted by atomic mass is 35.5. The van der Waals surface area contributed by atoms with Crippen LogP contribution in [0.15, 0.2) is 12.3 Å². The molecule has 1 fully saturated rings. The van der Waals surface area contributed by atoms with Crippen molar-refractivity contribution in [3.05, 3.63) is 22.3 Å². The number of amides is 1. The third kappa shape index (κ3) is 8.27. The van der Waals surface area contributed by atoms with Gasteiger partial charge in [0.2, 0.25) is 5.91 Å². The predicted molar refractivity (Wildman–Crippen MR) is 100 cm³/mol. The van der Waals surface area contributed by atoms with Gasteiger partial charge in [0.1, 0.15) is 5.82 Å². The first-order chi connectivity index (χ1) is 10.1. The minimum atomic E-state index is 0. The molecule has 0 radical (unpaired) electrons. The molecule has 2 rings (SSSR count). The SMILES string of the molecule is Cl.Cl.O=C(CCC1CCNC1)NCCNc1ncc(Cl)cc1Cl. The molecule has 0 aromatic carbocycles. The number of hydrogen-bond donors (Lipinski definition) is 3. The summed E-state index contributed by atoms with van der Waals surface area (Å²) in [5, 5.41) is 10.2. The zero-order chi connectivity index (χ0) is 15.1. The summed E-state index contributed by atoms with van der Waals surface area (Å²) in [6.07, 6.45) is 4.25. The van der Waals surface area contributed by atoms with Gasteiger partial charge in [-0.05, 0) is 37.9 Å². The average molecular weight is 404 g/mol. The first kappa shape index (κ1) is 22.5. The van der Waals surface area contributed by atoms with Crippen LogP contribution in [0.3, 0.4) is 0 Å². The van der Waals surface area contributed by atoms with E-state index in [1.165, 1.54) is 12.6 Å². The highest BCUT2D eigenvalue weighted by Gasteiger charge is 2.15. The van der Waals surface area contributed by atoms with Gasteiger partial charge in [-0.15, -0.1) is 24.8 Å². The van der Waals surface area contributed by atoms with Crippen molar-refractivity contribution in [2.45, 2.75) is 19.3 Å². The summed E-state index contributed by atoms with van der Waals surface area (Å²) < 4.78 is 0. The second-order valence-corrected chi connectivity index (χ2v) is 6.00. The van der Waals surface area contributed by atoms with E-state index < -0.39 is 0 Å². The van der Waals surface area contributed by atoms with Gasteiger partial charge in [-0.3, -0.25) is 4.79 Å². The van der Waals surface area contributed by atoms with Crippen LogP contribution in [0.1, 0.15) is 19.3 Å². The molecule has 1 aliphatic heterocycles. The first-order valence-electron chi connectivity index (χ1n) is 7.17. The zero-order valence-corrected chi connectivity index (χ0v) is 15.8. The van der Waals surface area contributed by atoms with Gasteiger partial charge in [0.25, 0.3) is 0 Å². The Morgan fingerprint density at radius 1 is 1.35 bits per heavy atom. The van der Waals surface area contributed by atoms with Gasteiger partial charge in [-0.2, -0.15) is 0 Å². The molecular formula is C14H22Cl4N4O. The van der Waals surface area contributed by atoms with Gasteiger partial charge in [-0.1, -0.05) is 23.2 Å². The maximum atomic E-state index is 11.7. The number of nitrogens with zero attached hydrogens (tertiary/aromatic N) is 1. The van der Waals surface area contributed by atoms with E-state index in [0.29, 0.717) is 41.3 Å². The number of aromatic nitrogens is 1. The molecule has 5 nitrogen and oxygen atoms in total. The molecule has 2 heterocycles. The maximum absolute atomic E-state index is 11.7. The van der Waals surface area contributed by atoms with E-state index in [2.05, 4.69) is 20.9 Å². The lowest BCUT2D eigenvalue weighted by Crippen LogP contribution is -2.29. The number of pyridine rings is 1. The second-order valence-electron chi connectivity index (χ2n) is 5.16. The molecule has 23 heavy (non-hydrogen) atoms. The van der Waals surface area contributed by atoms with Crippen LogP contribution in [-0.4, -0.2) is 37.1 Å². The Morgan fingerprint density at radius 3 is 2.78 bits per heavy atom. The monoisotopic (exact) mass is 402 g/mol. The number of nitrogens with one attached hydrogen (secondary N) is 3. The normalized spacial score (nSPS) is 16.2. The lowest BCUT2D eigenvalue weighted by molar-refractivity contribution is -0.121. The van der Waals surface area contributed by atoms with Gasteiger partial charge in [-0.25, -0.2) is 4.98 Å². The fraction of sp³-hybridized carbons (Fsp3) is 0.571. The lowest BCUT2D eigenvalue weighted by atomic mass is 10.0. The topological polar surface area (TPSA) is 66.1 Å². The Morgan fingerprint density at radius 2 is 2.13 bits per heavy atom. The van der Waals surface area contributed by atoms with E-state index in [-0.39, 0.29) is 30.7 Å². The van der Waals surface area contributed by atoms with Crippen molar-refractivity contribution in [2.75, 3.05) is 31.5 Å². The van der Waals surface area contributed by atoms with Crippen LogP contribution in [0.4, 0.5) is 5.82 Å². The minimum absolute atomic E-state index is 0. The Labute approximate surface area is 159 Å². The molecule has 1 aromatic heterocycles. The van der Waals surface area contributed by atoms with E-state index >= 15 is 0 Å². The van der Waals surface area contributed by atoms with Crippen molar-refractivity contribution in [2.24, 2.45) is 5.92 Å². The lowest BCUT2D eigenvalue weighted by Gasteiger charge is -2.10. The van der Waals surface area contributed by atoms with E-state index in [9.17, 15) is 4.79 Å². The number of rotatable bonds is 7. The van der Waals surface area contributed by atoms with Crippen LogP contribution in [0, 0.1) is 5.92 Å². The second kappa shape index (κ2) is 12.0.